The number of nitro benzene ring substituents is 1. The van der Waals surface area contributed by atoms with Gasteiger partial charge in [0.1, 0.15) is 6.54 Å². The van der Waals surface area contributed by atoms with Crippen molar-refractivity contribution < 1.29 is 14.6 Å². The molecular weight excluding hydrogens is 334 g/mol. The fourth-order valence-electron chi connectivity index (χ4n) is 2.88. The average Bonchev–Trinajstić information content (AvgIpc) is 3.03. The van der Waals surface area contributed by atoms with Crippen LogP contribution >= 0.6 is 0 Å². The number of quaternary nitrogens is 1. The third-order valence-corrected chi connectivity index (χ3v) is 4.21. The lowest BCUT2D eigenvalue weighted by Crippen LogP contribution is -3.06. The molecular formula is C18H20N5O3+. The van der Waals surface area contributed by atoms with Gasteiger partial charge >= 0.3 is 0 Å². The lowest BCUT2D eigenvalue weighted by Gasteiger charge is -2.15. The molecule has 0 aliphatic heterocycles. The van der Waals surface area contributed by atoms with Gasteiger partial charge in [-0.2, -0.15) is 5.10 Å². The molecule has 1 aromatic heterocycles. The zero-order valence-corrected chi connectivity index (χ0v) is 14.6. The molecule has 0 spiro atoms. The van der Waals surface area contributed by atoms with Crippen molar-refractivity contribution in [3.05, 3.63) is 69.9 Å². The van der Waals surface area contributed by atoms with Crippen LogP contribution in [-0.2, 0) is 13.2 Å². The summed E-state index contributed by atoms with van der Waals surface area (Å²) in [6.45, 7) is 1.31. The third kappa shape index (κ3) is 3.70. The SMILES string of the molecule is CNC(=O)c1ccc(C[NH+](C)Cn2ncc3ccc([N+](=O)[O-])cc32)cc1. The molecule has 8 heteroatoms. The van der Waals surface area contributed by atoms with Crippen LogP contribution in [0.1, 0.15) is 15.9 Å². The van der Waals surface area contributed by atoms with Gasteiger partial charge in [-0.05, 0) is 18.2 Å². The Hall–Kier alpha value is -3.26. The van der Waals surface area contributed by atoms with Gasteiger partial charge in [-0.1, -0.05) is 12.1 Å². The van der Waals surface area contributed by atoms with Crippen molar-refractivity contribution in [3.8, 4) is 0 Å². The molecule has 8 nitrogen and oxygen atoms in total. The van der Waals surface area contributed by atoms with Gasteiger partial charge in [0, 0.05) is 35.7 Å². The molecule has 2 aromatic carbocycles. The van der Waals surface area contributed by atoms with E-state index < -0.39 is 4.92 Å². The number of carbonyl (C=O) groups excluding carboxylic acids is 1. The second-order valence-corrected chi connectivity index (χ2v) is 6.21. The van der Waals surface area contributed by atoms with Gasteiger partial charge in [-0.25, -0.2) is 4.68 Å². The fourth-order valence-corrected chi connectivity index (χ4v) is 2.88. The highest BCUT2D eigenvalue weighted by Gasteiger charge is 2.13. The van der Waals surface area contributed by atoms with Crippen LogP contribution in [-0.4, -0.2) is 34.7 Å². The zero-order valence-electron chi connectivity index (χ0n) is 14.6. The minimum Gasteiger partial charge on any atom is -0.355 e. The number of benzene rings is 2. The number of aromatic nitrogens is 2. The fraction of sp³-hybridized carbons (Fsp3) is 0.222. The predicted molar refractivity (Wildman–Crippen MR) is 96.8 cm³/mol. The minimum absolute atomic E-state index is 0.0571. The molecule has 0 fully saturated rings. The highest BCUT2D eigenvalue weighted by atomic mass is 16.6. The Morgan fingerprint density at radius 3 is 2.65 bits per heavy atom. The van der Waals surface area contributed by atoms with E-state index in [1.807, 2.05) is 19.2 Å². The molecule has 1 unspecified atom stereocenters. The van der Waals surface area contributed by atoms with Crippen LogP contribution in [0.3, 0.4) is 0 Å². The van der Waals surface area contributed by atoms with Gasteiger partial charge in [0.25, 0.3) is 11.6 Å². The van der Waals surface area contributed by atoms with E-state index in [0.717, 1.165) is 27.9 Å². The van der Waals surface area contributed by atoms with Crippen LogP contribution in [0.4, 0.5) is 5.69 Å². The summed E-state index contributed by atoms with van der Waals surface area (Å²) in [6.07, 6.45) is 1.71. The quantitative estimate of drug-likeness (QED) is 0.510. The first-order chi connectivity index (χ1) is 12.5. The maximum absolute atomic E-state index is 11.6. The monoisotopic (exact) mass is 354 g/mol. The largest absolute Gasteiger partial charge is 0.355 e. The maximum Gasteiger partial charge on any atom is 0.271 e. The Labute approximate surface area is 150 Å². The number of rotatable bonds is 6. The Morgan fingerprint density at radius 2 is 2.00 bits per heavy atom. The minimum atomic E-state index is -0.401. The van der Waals surface area contributed by atoms with Crippen molar-refractivity contribution in [2.24, 2.45) is 0 Å². The molecule has 1 amide bonds. The molecule has 0 bridgehead atoms. The van der Waals surface area contributed by atoms with Gasteiger partial charge in [-0.3, -0.25) is 14.9 Å². The first kappa shape index (κ1) is 17.6. The van der Waals surface area contributed by atoms with Crippen LogP contribution in [0.2, 0.25) is 0 Å². The lowest BCUT2D eigenvalue weighted by atomic mass is 10.1. The number of hydrogen-bond donors (Lipinski definition) is 2. The van der Waals surface area contributed by atoms with E-state index in [0.29, 0.717) is 12.2 Å². The summed E-state index contributed by atoms with van der Waals surface area (Å²) in [4.78, 5) is 23.3. The van der Waals surface area contributed by atoms with E-state index in [9.17, 15) is 14.9 Å². The Balaban J connectivity index is 1.72. The number of amides is 1. The Morgan fingerprint density at radius 1 is 1.27 bits per heavy atom. The average molecular weight is 354 g/mol. The van der Waals surface area contributed by atoms with E-state index in [4.69, 9.17) is 0 Å². The van der Waals surface area contributed by atoms with Gasteiger partial charge < -0.3 is 10.2 Å². The molecule has 0 radical (unpaired) electrons. The normalized spacial score (nSPS) is 12.1. The molecule has 0 aliphatic rings. The molecule has 26 heavy (non-hydrogen) atoms. The molecule has 3 aromatic rings. The maximum atomic E-state index is 11.6. The number of fused-ring (bicyclic) bond motifs is 1. The smallest absolute Gasteiger partial charge is 0.271 e. The number of hydrogen-bond acceptors (Lipinski definition) is 4. The molecule has 0 aliphatic carbocycles. The van der Waals surface area contributed by atoms with Crippen molar-refractivity contribution in [1.82, 2.24) is 15.1 Å². The van der Waals surface area contributed by atoms with E-state index in [-0.39, 0.29) is 11.6 Å². The van der Waals surface area contributed by atoms with Crippen LogP contribution in [0.25, 0.3) is 10.9 Å². The molecule has 0 saturated carbocycles. The van der Waals surface area contributed by atoms with E-state index in [1.54, 1.807) is 42.2 Å². The van der Waals surface area contributed by atoms with Crippen LogP contribution < -0.4 is 10.2 Å². The van der Waals surface area contributed by atoms with Crippen molar-refractivity contribution in [2.75, 3.05) is 14.1 Å². The summed E-state index contributed by atoms with van der Waals surface area (Å²) >= 11 is 0. The second-order valence-electron chi connectivity index (χ2n) is 6.21. The summed E-state index contributed by atoms with van der Waals surface area (Å²) in [5, 5.41) is 18.8. The van der Waals surface area contributed by atoms with Crippen molar-refractivity contribution in [1.29, 1.82) is 0 Å². The van der Waals surface area contributed by atoms with Gasteiger partial charge in [0.05, 0.1) is 23.7 Å². The van der Waals surface area contributed by atoms with Crippen molar-refractivity contribution >= 4 is 22.5 Å². The van der Waals surface area contributed by atoms with Crippen LogP contribution in [0, 0.1) is 10.1 Å². The molecule has 134 valence electrons. The second kappa shape index (κ2) is 7.32. The first-order valence-corrected chi connectivity index (χ1v) is 8.20. The lowest BCUT2D eigenvalue weighted by molar-refractivity contribution is -0.917. The third-order valence-electron chi connectivity index (χ3n) is 4.21. The summed E-state index contributed by atoms with van der Waals surface area (Å²) in [6, 6.07) is 12.2. The summed E-state index contributed by atoms with van der Waals surface area (Å²) in [7, 11) is 3.63. The zero-order chi connectivity index (χ0) is 18.7. The predicted octanol–water partition coefficient (Wildman–Crippen LogP) is 0.977. The molecule has 0 saturated heterocycles. The van der Waals surface area contributed by atoms with Crippen molar-refractivity contribution in [3.63, 3.8) is 0 Å². The van der Waals surface area contributed by atoms with E-state index in [2.05, 4.69) is 10.4 Å². The highest BCUT2D eigenvalue weighted by molar-refractivity contribution is 5.93. The highest BCUT2D eigenvalue weighted by Crippen LogP contribution is 2.20. The standard InChI is InChI=1S/C18H19N5O3/c1-19-18(24)14-5-3-13(4-6-14)11-21(2)12-22-17-9-16(23(25)26)8-7-15(17)10-20-22/h3-10H,11-12H2,1-2H3,(H,19,24)/p+1. The summed E-state index contributed by atoms with van der Waals surface area (Å²) in [5.74, 6) is -0.109. The number of carbonyl (C=O) groups is 1. The van der Waals surface area contributed by atoms with Crippen LogP contribution in [0.15, 0.2) is 48.7 Å². The van der Waals surface area contributed by atoms with Gasteiger partial charge in [0.2, 0.25) is 0 Å². The Kier molecular flexibility index (Phi) is 4.94. The molecule has 2 N–H and O–H groups in total. The number of nitrogens with one attached hydrogen (secondary N) is 2. The number of nitro groups is 1. The van der Waals surface area contributed by atoms with Gasteiger partial charge in [0.15, 0.2) is 6.67 Å². The van der Waals surface area contributed by atoms with Crippen molar-refractivity contribution in [2.45, 2.75) is 13.2 Å². The first-order valence-electron chi connectivity index (χ1n) is 8.20. The summed E-state index contributed by atoms with van der Waals surface area (Å²) < 4.78 is 1.77. The van der Waals surface area contributed by atoms with Gasteiger partial charge in [-0.15, -0.1) is 0 Å². The van der Waals surface area contributed by atoms with Crippen LogP contribution in [0.5, 0.6) is 0 Å². The summed E-state index contributed by atoms with van der Waals surface area (Å²) in [5.41, 5.74) is 2.52. The Bertz CT molecular complexity index is 949. The molecule has 1 atom stereocenters. The molecule has 3 rings (SSSR count). The number of non-ortho nitro benzene ring substituents is 1. The molecule has 1 heterocycles. The van der Waals surface area contributed by atoms with E-state index in [1.165, 1.54) is 6.07 Å². The van der Waals surface area contributed by atoms with E-state index >= 15 is 0 Å². The topological polar surface area (TPSA) is 94.5 Å². The number of nitrogens with zero attached hydrogens (tertiary/aromatic N) is 3.